The molecule has 1 aliphatic heterocycles. The smallest absolute Gasteiger partial charge is 0.330 e. The standard InChI is InChI=1S/C22H28N4O5/c1-23-14-16(21(28)24(2)22(23)29)5-8-20(27)26-11-9-25(10-12-26)15-17-13-18(30-3)6-7-19(17)31-4/h5-8,13-14H,9-12,15H2,1-4H3/b8-5+. The molecule has 31 heavy (non-hydrogen) atoms. The highest BCUT2D eigenvalue weighted by Gasteiger charge is 2.21. The molecule has 2 heterocycles. The lowest BCUT2D eigenvalue weighted by Crippen LogP contribution is -2.47. The summed E-state index contributed by atoms with van der Waals surface area (Å²) in [6.07, 6.45) is 4.30. The first-order valence-electron chi connectivity index (χ1n) is 10.0. The third-order valence-corrected chi connectivity index (χ3v) is 5.44. The zero-order valence-electron chi connectivity index (χ0n) is 18.3. The van der Waals surface area contributed by atoms with Crippen molar-refractivity contribution in [3.05, 3.63) is 62.4 Å². The lowest BCUT2D eigenvalue weighted by molar-refractivity contribution is -0.127. The topological polar surface area (TPSA) is 86.0 Å². The molecule has 9 heteroatoms. The number of carbonyl (C=O) groups is 1. The fourth-order valence-corrected chi connectivity index (χ4v) is 3.59. The van der Waals surface area contributed by atoms with Crippen LogP contribution in [0.1, 0.15) is 11.1 Å². The van der Waals surface area contributed by atoms with Gasteiger partial charge in [-0.2, -0.15) is 0 Å². The molecule has 1 aromatic heterocycles. The number of nitrogens with zero attached hydrogens (tertiary/aromatic N) is 4. The number of ether oxygens (including phenoxy) is 2. The van der Waals surface area contributed by atoms with E-state index in [1.807, 2.05) is 18.2 Å². The number of benzene rings is 1. The molecule has 1 amide bonds. The summed E-state index contributed by atoms with van der Waals surface area (Å²) in [7, 11) is 6.26. The molecule has 0 unspecified atom stereocenters. The largest absolute Gasteiger partial charge is 0.497 e. The number of aryl methyl sites for hydroxylation is 1. The first kappa shape index (κ1) is 22.4. The molecule has 1 fully saturated rings. The first-order chi connectivity index (χ1) is 14.8. The normalized spacial score (nSPS) is 14.8. The van der Waals surface area contributed by atoms with E-state index in [2.05, 4.69) is 4.90 Å². The second kappa shape index (κ2) is 9.65. The van der Waals surface area contributed by atoms with Crippen LogP contribution in [0.3, 0.4) is 0 Å². The van der Waals surface area contributed by atoms with Crippen molar-refractivity contribution < 1.29 is 14.3 Å². The number of rotatable bonds is 6. The molecule has 1 aliphatic rings. The van der Waals surface area contributed by atoms with Gasteiger partial charge in [0.15, 0.2) is 0 Å². The number of aromatic nitrogens is 2. The van der Waals surface area contributed by atoms with Crippen molar-refractivity contribution in [1.29, 1.82) is 0 Å². The molecule has 1 saturated heterocycles. The second-order valence-electron chi connectivity index (χ2n) is 7.45. The van der Waals surface area contributed by atoms with Crippen molar-refractivity contribution in [2.75, 3.05) is 40.4 Å². The van der Waals surface area contributed by atoms with Crippen LogP contribution in [0.5, 0.6) is 11.5 Å². The van der Waals surface area contributed by atoms with Crippen LogP contribution in [0.15, 0.2) is 40.1 Å². The van der Waals surface area contributed by atoms with Gasteiger partial charge in [-0.3, -0.25) is 19.1 Å². The lowest BCUT2D eigenvalue weighted by Gasteiger charge is -2.34. The van der Waals surface area contributed by atoms with Crippen molar-refractivity contribution >= 4 is 12.0 Å². The van der Waals surface area contributed by atoms with Gasteiger partial charge in [0.25, 0.3) is 5.56 Å². The zero-order valence-corrected chi connectivity index (χ0v) is 18.3. The Morgan fingerprint density at radius 1 is 1.06 bits per heavy atom. The molecular weight excluding hydrogens is 400 g/mol. The van der Waals surface area contributed by atoms with E-state index in [0.29, 0.717) is 25.2 Å². The van der Waals surface area contributed by atoms with Gasteiger partial charge in [0.05, 0.1) is 19.8 Å². The van der Waals surface area contributed by atoms with Gasteiger partial charge in [0.1, 0.15) is 11.5 Å². The molecule has 0 N–H and O–H groups in total. The minimum atomic E-state index is -0.427. The maximum absolute atomic E-state index is 12.6. The van der Waals surface area contributed by atoms with Crippen LogP contribution in [0.4, 0.5) is 0 Å². The number of piperazine rings is 1. The van der Waals surface area contributed by atoms with Crippen molar-refractivity contribution in [1.82, 2.24) is 18.9 Å². The van der Waals surface area contributed by atoms with Crippen molar-refractivity contribution in [2.45, 2.75) is 6.54 Å². The Morgan fingerprint density at radius 2 is 1.77 bits per heavy atom. The third-order valence-electron chi connectivity index (χ3n) is 5.44. The summed E-state index contributed by atoms with van der Waals surface area (Å²) >= 11 is 0. The van der Waals surface area contributed by atoms with Crippen LogP contribution in [0.25, 0.3) is 6.08 Å². The summed E-state index contributed by atoms with van der Waals surface area (Å²) in [6.45, 7) is 3.32. The minimum absolute atomic E-state index is 0.158. The molecule has 0 atom stereocenters. The van der Waals surface area contributed by atoms with E-state index in [1.165, 1.54) is 30.0 Å². The summed E-state index contributed by atoms with van der Waals surface area (Å²) in [5.74, 6) is 1.43. The van der Waals surface area contributed by atoms with Gasteiger partial charge in [-0.05, 0) is 24.3 Å². The number of hydrogen-bond donors (Lipinski definition) is 0. The summed E-state index contributed by atoms with van der Waals surface area (Å²) in [6, 6.07) is 5.72. The third kappa shape index (κ3) is 5.05. The Kier molecular flexibility index (Phi) is 6.96. The van der Waals surface area contributed by atoms with Crippen LogP contribution >= 0.6 is 0 Å². The van der Waals surface area contributed by atoms with Gasteiger partial charge >= 0.3 is 5.69 Å². The number of methoxy groups -OCH3 is 2. The Labute approximate surface area is 180 Å². The molecule has 3 rings (SSSR count). The van der Waals surface area contributed by atoms with E-state index in [4.69, 9.17) is 9.47 Å². The average Bonchev–Trinajstić information content (AvgIpc) is 2.79. The summed E-state index contributed by atoms with van der Waals surface area (Å²) < 4.78 is 13.1. The molecule has 0 bridgehead atoms. The number of amides is 1. The molecule has 0 spiro atoms. The zero-order chi connectivity index (χ0) is 22.5. The maximum atomic E-state index is 12.6. The van der Waals surface area contributed by atoms with Crippen LogP contribution in [0, 0.1) is 0 Å². The maximum Gasteiger partial charge on any atom is 0.330 e. The molecule has 2 aromatic rings. The molecule has 0 aliphatic carbocycles. The SMILES string of the molecule is COc1ccc(OC)c(CN2CCN(C(=O)/C=C/c3cn(C)c(=O)n(C)c3=O)CC2)c1. The highest BCUT2D eigenvalue weighted by Crippen LogP contribution is 2.25. The van der Waals surface area contributed by atoms with Gasteiger partial charge in [-0.15, -0.1) is 0 Å². The van der Waals surface area contributed by atoms with E-state index in [1.54, 1.807) is 26.2 Å². The summed E-state index contributed by atoms with van der Waals surface area (Å²) in [5.41, 5.74) is 0.496. The van der Waals surface area contributed by atoms with Crippen LogP contribution in [-0.2, 0) is 25.4 Å². The highest BCUT2D eigenvalue weighted by molar-refractivity contribution is 5.91. The summed E-state index contributed by atoms with van der Waals surface area (Å²) in [5, 5.41) is 0. The van der Waals surface area contributed by atoms with E-state index >= 15 is 0 Å². The Balaban J connectivity index is 1.61. The second-order valence-corrected chi connectivity index (χ2v) is 7.45. The van der Waals surface area contributed by atoms with Crippen molar-refractivity contribution in [3.8, 4) is 11.5 Å². The van der Waals surface area contributed by atoms with E-state index in [-0.39, 0.29) is 5.91 Å². The van der Waals surface area contributed by atoms with Crippen LogP contribution in [-0.4, -0.2) is 65.2 Å². The fourth-order valence-electron chi connectivity index (χ4n) is 3.59. The number of hydrogen-bond acceptors (Lipinski definition) is 6. The van der Waals surface area contributed by atoms with Crippen LogP contribution < -0.4 is 20.7 Å². The van der Waals surface area contributed by atoms with E-state index in [0.717, 1.165) is 34.7 Å². The quantitative estimate of drug-likeness (QED) is 0.622. The monoisotopic (exact) mass is 428 g/mol. The molecule has 9 nitrogen and oxygen atoms in total. The van der Waals surface area contributed by atoms with E-state index in [9.17, 15) is 14.4 Å². The Hall–Kier alpha value is -3.33. The Morgan fingerprint density at radius 3 is 2.42 bits per heavy atom. The van der Waals surface area contributed by atoms with E-state index < -0.39 is 11.2 Å². The average molecular weight is 428 g/mol. The predicted molar refractivity (Wildman–Crippen MR) is 117 cm³/mol. The lowest BCUT2D eigenvalue weighted by atomic mass is 10.1. The predicted octanol–water partition coefficient (Wildman–Crippen LogP) is 0.459. The van der Waals surface area contributed by atoms with Gasteiger partial charge in [-0.25, -0.2) is 4.79 Å². The summed E-state index contributed by atoms with van der Waals surface area (Å²) in [4.78, 5) is 40.5. The van der Waals surface area contributed by atoms with Gasteiger partial charge in [0, 0.05) is 64.7 Å². The minimum Gasteiger partial charge on any atom is -0.497 e. The Bertz CT molecular complexity index is 1090. The molecule has 0 radical (unpaired) electrons. The van der Waals surface area contributed by atoms with Crippen molar-refractivity contribution in [2.24, 2.45) is 14.1 Å². The first-order valence-corrected chi connectivity index (χ1v) is 10.0. The molecular formula is C22H28N4O5. The van der Waals surface area contributed by atoms with Gasteiger partial charge < -0.3 is 18.9 Å². The molecule has 0 saturated carbocycles. The fraction of sp³-hybridized carbons (Fsp3) is 0.409. The molecule has 1 aromatic carbocycles. The highest BCUT2D eigenvalue weighted by atomic mass is 16.5. The number of carbonyl (C=O) groups excluding carboxylic acids is 1. The van der Waals surface area contributed by atoms with Crippen molar-refractivity contribution in [3.63, 3.8) is 0 Å². The van der Waals surface area contributed by atoms with Gasteiger partial charge in [0.2, 0.25) is 5.91 Å². The van der Waals surface area contributed by atoms with Crippen LogP contribution in [0.2, 0.25) is 0 Å². The van der Waals surface area contributed by atoms with Gasteiger partial charge in [-0.1, -0.05) is 0 Å². The molecule has 166 valence electrons.